The molecule has 7 nitrogen and oxygen atoms in total. The highest BCUT2D eigenvalue weighted by atomic mass is 16.5. The Morgan fingerprint density at radius 3 is 2.80 bits per heavy atom. The average Bonchev–Trinajstić information content (AvgIpc) is 2.59. The van der Waals surface area contributed by atoms with Crippen LogP contribution < -0.4 is 10.1 Å². The van der Waals surface area contributed by atoms with Crippen molar-refractivity contribution in [3.63, 3.8) is 0 Å². The Balaban J connectivity index is 2.44. The smallest absolute Gasteiger partial charge is 0.237 e. The van der Waals surface area contributed by atoms with Gasteiger partial charge in [-0.3, -0.25) is 0 Å². The maximum atomic E-state index is 10.5. The molecule has 0 radical (unpaired) electrons. The molecule has 25 heavy (non-hydrogen) atoms. The lowest BCUT2D eigenvalue weighted by Crippen LogP contribution is -2.35. The molecule has 0 saturated heterocycles. The summed E-state index contributed by atoms with van der Waals surface area (Å²) in [7, 11) is 0. The molecule has 1 aromatic rings. The minimum absolute atomic E-state index is 0.171. The maximum absolute atomic E-state index is 10.5. The number of nitrogens with zero attached hydrogens (tertiary/aromatic N) is 2. The molecular formula is C18H29N3O4. The van der Waals surface area contributed by atoms with Gasteiger partial charge in [0, 0.05) is 37.9 Å². The van der Waals surface area contributed by atoms with Crippen molar-refractivity contribution in [3.05, 3.63) is 23.9 Å². The van der Waals surface area contributed by atoms with Gasteiger partial charge in [-0.15, -0.1) is 0 Å². The number of isocyanates is 1. The zero-order valence-electron chi connectivity index (χ0n) is 15.3. The molecule has 0 bridgehead atoms. The molecule has 0 aromatic carbocycles. The number of aliphatic hydroxyl groups is 1. The van der Waals surface area contributed by atoms with Gasteiger partial charge >= 0.3 is 0 Å². The molecule has 0 saturated carbocycles. The van der Waals surface area contributed by atoms with Gasteiger partial charge < -0.3 is 19.9 Å². The van der Waals surface area contributed by atoms with Gasteiger partial charge in [0.1, 0.15) is 12.7 Å². The van der Waals surface area contributed by atoms with E-state index in [0.717, 1.165) is 18.4 Å². The molecule has 140 valence electrons. The van der Waals surface area contributed by atoms with Crippen LogP contribution in [0.3, 0.4) is 0 Å². The van der Waals surface area contributed by atoms with Gasteiger partial charge in [0.2, 0.25) is 12.0 Å². The van der Waals surface area contributed by atoms with Crippen LogP contribution in [0.25, 0.3) is 0 Å². The summed E-state index contributed by atoms with van der Waals surface area (Å²) in [6.45, 7) is 7.30. The Labute approximate surface area is 149 Å². The van der Waals surface area contributed by atoms with Crippen molar-refractivity contribution >= 4 is 6.08 Å². The minimum Gasteiger partial charge on any atom is -0.475 e. The normalized spacial score (nSPS) is 13.3. The van der Waals surface area contributed by atoms with Crippen LogP contribution >= 0.6 is 0 Å². The van der Waals surface area contributed by atoms with Gasteiger partial charge in [0.05, 0.1) is 0 Å². The summed E-state index contributed by atoms with van der Waals surface area (Å²) in [5, 5.41) is 13.0. The molecule has 2 N–H and O–H groups in total. The van der Waals surface area contributed by atoms with Crippen molar-refractivity contribution in [1.82, 2.24) is 10.3 Å². The lowest BCUT2D eigenvalue weighted by atomic mass is 10.2. The molecule has 0 amide bonds. The van der Waals surface area contributed by atoms with Crippen molar-refractivity contribution in [2.45, 2.75) is 58.4 Å². The zero-order chi connectivity index (χ0) is 18.5. The fourth-order valence-corrected chi connectivity index (χ4v) is 2.00. The number of hydrogen-bond donors (Lipinski definition) is 2. The zero-order valence-corrected chi connectivity index (χ0v) is 15.3. The largest absolute Gasteiger partial charge is 0.475 e. The van der Waals surface area contributed by atoms with Crippen LogP contribution in [0.4, 0.5) is 0 Å². The van der Waals surface area contributed by atoms with Gasteiger partial charge in [-0.1, -0.05) is 33.3 Å². The highest BCUT2D eigenvalue weighted by Gasteiger charge is 2.10. The number of rotatable bonds is 13. The van der Waals surface area contributed by atoms with E-state index in [4.69, 9.17) is 9.47 Å². The molecule has 0 spiro atoms. The van der Waals surface area contributed by atoms with E-state index in [1.807, 2.05) is 19.9 Å². The molecule has 2 atom stereocenters. The topological polar surface area (TPSA) is 93.0 Å². The molecule has 1 aromatic heterocycles. The van der Waals surface area contributed by atoms with Crippen molar-refractivity contribution in [2.24, 2.45) is 4.99 Å². The van der Waals surface area contributed by atoms with Crippen LogP contribution in [0.1, 0.15) is 39.2 Å². The van der Waals surface area contributed by atoms with E-state index in [9.17, 15) is 9.90 Å². The van der Waals surface area contributed by atoms with Gasteiger partial charge in [-0.25, -0.2) is 9.78 Å². The van der Waals surface area contributed by atoms with Gasteiger partial charge in [-0.05, 0) is 12.0 Å². The number of aliphatic imine (C=N–C) groups is 1. The number of nitrogens with one attached hydrogen (secondary N) is 1. The second-order valence-electron chi connectivity index (χ2n) is 6.14. The van der Waals surface area contributed by atoms with E-state index in [-0.39, 0.29) is 6.61 Å². The highest BCUT2D eigenvalue weighted by molar-refractivity contribution is 5.33. The second kappa shape index (κ2) is 12.6. The fraction of sp³-hybridized carbons (Fsp3) is 0.667. The average molecular weight is 351 g/mol. The Morgan fingerprint density at radius 1 is 1.40 bits per heavy atom. The summed E-state index contributed by atoms with van der Waals surface area (Å²) in [4.78, 5) is 18.4. The van der Waals surface area contributed by atoms with Crippen LogP contribution in [-0.4, -0.2) is 54.3 Å². The molecule has 0 aliphatic rings. The SMILES string of the molecule is CCCCOC(Cc1ccc(OCC(O)CNC(C)C)nc1)N=C=O. The summed E-state index contributed by atoms with van der Waals surface area (Å²) in [5.74, 6) is 0.440. The van der Waals surface area contributed by atoms with Crippen molar-refractivity contribution in [2.75, 3.05) is 19.8 Å². The summed E-state index contributed by atoms with van der Waals surface area (Å²) in [6.07, 6.45) is 4.46. The summed E-state index contributed by atoms with van der Waals surface area (Å²) in [5.41, 5.74) is 0.884. The lowest BCUT2D eigenvalue weighted by molar-refractivity contribution is 0.0578. The standard InChI is InChI=1S/C18H29N3O4/c1-4-5-8-24-18(21-13-22)9-15-6-7-17(20-10-15)25-12-16(23)11-19-14(2)3/h6-7,10,14,16,18-19,23H,4-5,8-9,11-12H2,1-3H3. The van der Waals surface area contributed by atoms with Crippen molar-refractivity contribution < 1.29 is 19.4 Å². The third-order valence-corrected chi connectivity index (χ3v) is 3.40. The van der Waals surface area contributed by atoms with E-state index < -0.39 is 12.3 Å². The Morgan fingerprint density at radius 2 is 2.20 bits per heavy atom. The first-order valence-corrected chi connectivity index (χ1v) is 8.72. The number of unbranched alkanes of at least 4 members (excludes halogenated alkanes) is 1. The van der Waals surface area contributed by atoms with Gasteiger partial charge in [0.15, 0.2) is 6.23 Å². The van der Waals surface area contributed by atoms with Crippen LogP contribution in [-0.2, 0) is 16.0 Å². The van der Waals surface area contributed by atoms with E-state index >= 15 is 0 Å². The quantitative estimate of drug-likeness (QED) is 0.320. The van der Waals surface area contributed by atoms with Gasteiger partial charge in [-0.2, -0.15) is 4.99 Å². The molecule has 0 aliphatic heterocycles. The molecule has 2 unspecified atom stereocenters. The molecule has 7 heteroatoms. The predicted molar refractivity (Wildman–Crippen MR) is 95.4 cm³/mol. The number of ether oxygens (including phenoxy) is 2. The number of hydrogen-bond acceptors (Lipinski definition) is 7. The van der Waals surface area contributed by atoms with Gasteiger partial charge in [0.25, 0.3) is 0 Å². The summed E-state index contributed by atoms with van der Waals surface area (Å²) in [6, 6.07) is 3.89. The highest BCUT2D eigenvalue weighted by Crippen LogP contribution is 2.12. The summed E-state index contributed by atoms with van der Waals surface area (Å²) >= 11 is 0. The first kappa shape index (κ1) is 21.3. The maximum Gasteiger partial charge on any atom is 0.237 e. The van der Waals surface area contributed by atoms with E-state index in [2.05, 4.69) is 22.2 Å². The van der Waals surface area contributed by atoms with E-state index in [1.54, 1.807) is 18.3 Å². The number of carbonyl (C=O) groups excluding carboxylic acids is 1. The van der Waals surface area contributed by atoms with Crippen molar-refractivity contribution in [1.29, 1.82) is 0 Å². The van der Waals surface area contributed by atoms with Crippen LogP contribution in [0.15, 0.2) is 23.3 Å². The molecular weight excluding hydrogens is 322 g/mol. The van der Waals surface area contributed by atoms with Crippen LogP contribution in [0.5, 0.6) is 5.88 Å². The molecule has 1 rings (SSSR count). The number of aromatic nitrogens is 1. The Kier molecular flexibility index (Phi) is 10.7. The van der Waals surface area contributed by atoms with E-state index in [0.29, 0.717) is 31.5 Å². The minimum atomic E-state index is -0.595. The number of pyridine rings is 1. The first-order valence-electron chi connectivity index (χ1n) is 8.72. The number of aliphatic hydroxyl groups excluding tert-OH is 1. The van der Waals surface area contributed by atoms with Crippen molar-refractivity contribution in [3.8, 4) is 5.88 Å². The second-order valence-corrected chi connectivity index (χ2v) is 6.14. The van der Waals surface area contributed by atoms with Crippen LogP contribution in [0, 0.1) is 0 Å². The lowest BCUT2D eigenvalue weighted by Gasteiger charge is -2.15. The van der Waals surface area contributed by atoms with E-state index in [1.165, 1.54) is 0 Å². The fourth-order valence-electron chi connectivity index (χ4n) is 2.00. The molecule has 0 aliphatic carbocycles. The molecule has 1 heterocycles. The third-order valence-electron chi connectivity index (χ3n) is 3.40. The third kappa shape index (κ3) is 9.94. The monoisotopic (exact) mass is 351 g/mol. The van der Waals surface area contributed by atoms with Crippen LogP contribution in [0.2, 0.25) is 0 Å². The Hall–Kier alpha value is -1.79. The molecule has 0 fully saturated rings. The first-order chi connectivity index (χ1) is 12.0. The summed E-state index contributed by atoms with van der Waals surface area (Å²) < 4.78 is 11.0. The Bertz CT molecular complexity index is 516. The predicted octanol–water partition coefficient (Wildman–Crippen LogP) is 1.84.